The average Bonchev–Trinajstić information content (AvgIpc) is 2.83. The lowest BCUT2D eigenvalue weighted by atomic mass is 10.0. The van der Waals surface area contributed by atoms with Crippen LogP contribution < -0.4 is 10.2 Å². The smallest absolute Gasteiger partial charge is 0.165 e. The van der Waals surface area contributed by atoms with E-state index in [2.05, 4.69) is 15.5 Å². The van der Waals surface area contributed by atoms with E-state index in [1.165, 1.54) is 6.07 Å². The number of anilines is 1. The van der Waals surface area contributed by atoms with Gasteiger partial charge < -0.3 is 4.74 Å². The second-order valence-corrected chi connectivity index (χ2v) is 6.97. The predicted molar refractivity (Wildman–Crippen MR) is 122 cm³/mol. The Balaban J connectivity index is 1.50. The summed E-state index contributed by atoms with van der Waals surface area (Å²) in [5.41, 5.74) is 6.51. The van der Waals surface area contributed by atoms with Crippen LogP contribution in [0.15, 0.2) is 108 Å². The van der Waals surface area contributed by atoms with Crippen molar-refractivity contribution in [1.82, 2.24) is 4.98 Å². The van der Waals surface area contributed by atoms with Crippen molar-refractivity contribution in [2.75, 3.05) is 5.43 Å². The molecule has 4 aromatic rings. The van der Waals surface area contributed by atoms with Crippen LogP contribution >= 0.6 is 0 Å². The maximum Gasteiger partial charge on any atom is 0.165 e. The van der Waals surface area contributed by atoms with E-state index in [9.17, 15) is 4.39 Å². The Kier molecular flexibility index (Phi) is 6.65. The number of hydrazone groups is 1. The van der Waals surface area contributed by atoms with Crippen molar-refractivity contribution >= 4 is 11.5 Å². The highest BCUT2D eigenvalue weighted by Gasteiger charge is 2.10. The molecule has 3 aromatic carbocycles. The fourth-order valence-corrected chi connectivity index (χ4v) is 3.09. The molecule has 5 heteroatoms. The molecular formula is C26H22FN3O. The zero-order valence-corrected chi connectivity index (χ0v) is 16.9. The topological polar surface area (TPSA) is 46.5 Å². The lowest BCUT2D eigenvalue weighted by Crippen LogP contribution is -2.09. The highest BCUT2D eigenvalue weighted by molar-refractivity contribution is 6.02. The van der Waals surface area contributed by atoms with E-state index in [-0.39, 0.29) is 5.75 Å². The van der Waals surface area contributed by atoms with Crippen LogP contribution in [-0.2, 0) is 13.0 Å². The highest BCUT2D eigenvalue weighted by Crippen LogP contribution is 2.21. The van der Waals surface area contributed by atoms with Gasteiger partial charge >= 0.3 is 0 Å². The van der Waals surface area contributed by atoms with E-state index in [0.717, 1.165) is 22.4 Å². The summed E-state index contributed by atoms with van der Waals surface area (Å²) in [5, 5.41) is 4.54. The zero-order valence-electron chi connectivity index (χ0n) is 16.9. The lowest BCUT2D eigenvalue weighted by Gasteiger charge is -2.11. The Morgan fingerprint density at radius 3 is 2.29 bits per heavy atom. The Hall–Kier alpha value is -3.99. The molecule has 0 aliphatic rings. The van der Waals surface area contributed by atoms with Gasteiger partial charge in [0.1, 0.15) is 12.4 Å². The molecule has 0 saturated heterocycles. The molecule has 0 saturated carbocycles. The molecule has 31 heavy (non-hydrogen) atoms. The van der Waals surface area contributed by atoms with Gasteiger partial charge in [0.25, 0.3) is 0 Å². The molecule has 0 unspecified atom stereocenters. The van der Waals surface area contributed by atoms with Crippen LogP contribution in [0.25, 0.3) is 0 Å². The third-order valence-corrected chi connectivity index (χ3v) is 4.68. The lowest BCUT2D eigenvalue weighted by molar-refractivity contribution is 0.290. The molecule has 0 amide bonds. The largest absolute Gasteiger partial charge is 0.486 e. The molecule has 4 nitrogen and oxygen atoms in total. The van der Waals surface area contributed by atoms with Gasteiger partial charge in [-0.05, 0) is 41.0 Å². The number of nitrogens with zero attached hydrogens (tertiary/aromatic N) is 2. The number of hydrogen-bond donors (Lipinski definition) is 1. The second kappa shape index (κ2) is 10.2. The van der Waals surface area contributed by atoms with Crippen molar-refractivity contribution in [3.05, 3.63) is 126 Å². The summed E-state index contributed by atoms with van der Waals surface area (Å²) in [4.78, 5) is 4.23. The van der Waals surface area contributed by atoms with E-state index >= 15 is 0 Å². The fourth-order valence-electron chi connectivity index (χ4n) is 3.09. The number of benzene rings is 3. The van der Waals surface area contributed by atoms with E-state index < -0.39 is 5.82 Å². The van der Waals surface area contributed by atoms with E-state index in [1.807, 2.05) is 84.9 Å². The molecule has 0 spiro atoms. The predicted octanol–water partition coefficient (Wildman–Crippen LogP) is 5.86. The number of nitrogens with one attached hydrogen (secondary N) is 1. The molecule has 154 valence electrons. The van der Waals surface area contributed by atoms with Crippen LogP contribution in [0, 0.1) is 5.82 Å². The molecule has 1 aromatic heterocycles. The first-order valence-corrected chi connectivity index (χ1v) is 10.0. The molecule has 0 aliphatic carbocycles. The number of hydrogen-bond acceptors (Lipinski definition) is 4. The second-order valence-electron chi connectivity index (χ2n) is 6.97. The Labute approximate surface area is 181 Å². The summed E-state index contributed by atoms with van der Waals surface area (Å²) in [6, 6.07) is 30.1. The highest BCUT2D eigenvalue weighted by atomic mass is 19.1. The Bertz CT molecular complexity index is 1130. The van der Waals surface area contributed by atoms with Gasteiger partial charge in [0.15, 0.2) is 11.6 Å². The summed E-state index contributed by atoms with van der Waals surface area (Å²) < 4.78 is 20.3. The minimum absolute atomic E-state index is 0.234. The summed E-state index contributed by atoms with van der Waals surface area (Å²) in [6.07, 6.45) is 2.16. The molecule has 0 atom stereocenters. The van der Waals surface area contributed by atoms with Crippen LogP contribution in [0.2, 0.25) is 0 Å². The molecule has 1 heterocycles. The first-order valence-electron chi connectivity index (χ1n) is 10.0. The van der Waals surface area contributed by atoms with Gasteiger partial charge in [0.05, 0.1) is 5.71 Å². The van der Waals surface area contributed by atoms with Crippen molar-refractivity contribution in [2.45, 2.75) is 13.0 Å². The monoisotopic (exact) mass is 411 g/mol. The summed E-state index contributed by atoms with van der Waals surface area (Å²) >= 11 is 0. The van der Waals surface area contributed by atoms with Crippen LogP contribution in [0.5, 0.6) is 5.75 Å². The van der Waals surface area contributed by atoms with Gasteiger partial charge in [0, 0.05) is 12.6 Å². The normalized spacial score (nSPS) is 11.2. The minimum Gasteiger partial charge on any atom is -0.486 e. The van der Waals surface area contributed by atoms with Crippen molar-refractivity contribution < 1.29 is 9.13 Å². The van der Waals surface area contributed by atoms with Crippen LogP contribution in [0.1, 0.15) is 16.7 Å². The third kappa shape index (κ3) is 5.76. The number of pyridine rings is 1. The van der Waals surface area contributed by atoms with Crippen molar-refractivity contribution in [3.8, 4) is 5.75 Å². The first kappa shape index (κ1) is 20.3. The van der Waals surface area contributed by atoms with Gasteiger partial charge in [-0.15, -0.1) is 0 Å². The summed E-state index contributed by atoms with van der Waals surface area (Å²) in [6.45, 7) is 0.321. The van der Waals surface area contributed by atoms with E-state index in [0.29, 0.717) is 18.8 Å². The summed E-state index contributed by atoms with van der Waals surface area (Å²) in [5.74, 6) is 0.489. The number of ether oxygens (including phenoxy) is 1. The van der Waals surface area contributed by atoms with Gasteiger partial charge in [0.2, 0.25) is 0 Å². The number of rotatable bonds is 8. The SMILES string of the molecule is Fc1cc(CC(=NNc2ccccn2)c2ccccc2)ccc1OCc1ccccc1. The molecule has 4 rings (SSSR count). The van der Waals surface area contributed by atoms with E-state index in [4.69, 9.17) is 4.74 Å². The minimum atomic E-state index is -0.390. The van der Waals surface area contributed by atoms with Gasteiger partial charge in [-0.2, -0.15) is 5.10 Å². The molecule has 0 fully saturated rings. The summed E-state index contributed by atoms with van der Waals surface area (Å²) in [7, 11) is 0. The van der Waals surface area contributed by atoms with Crippen molar-refractivity contribution in [3.63, 3.8) is 0 Å². The van der Waals surface area contributed by atoms with Crippen LogP contribution in [0.3, 0.4) is 0 Å². The van der Waals surface area contributed by atoms with Crippen molar-refractivity contribution in [2.24, 2.45) is 5.10 Å². The Morgan fingerprint density at radius 1 is 0.839 bits per heavy atom. The van der Waals surface area contributed by atoms with Gasteiger partial charge in [-0.25, -0.2) is 9.37 Å². The quantitative estimate of drug-likeness (QED) is 0.292. The average molecular weight is 411 g/mol. The molecule has 0 radical (unpaired) electrons. The first-order chi connectivity index (χ1) is 15.3. The maximum absolute atomic E-state index is 14.7. The number of aromatic nitrogens is 1. The number of halogens is 1. The van der Waals surface area contributed by atoms with Gasteiger partial charge in [-0.3, -0.25) is 5.43 Å². The van der Waals surface area contributed by atoms with Crippen LogP contribution in [0.4, 0.5) is 10.2 Å². The third-order valence-electron chi connectivity index (χ3n) is 4.68. The van der Waals surface area contributed by atoms with Crippen LogP contribution in [-0.4, -0.2) is 10.7 Å². The molecule has 1 N–H and O–H groups in total. The van der Waals surface area contributed by atoms with E-state index in [1.54, 1.807) is 12.3 Å². The fraction of sp³-hybridized carbons (Fsp3) is 0.0769. The molecular weight excluding hydrogens is 389 g/mol. The molecule has 0 aliphatic heterocycles. The zero-order chi connectivity index (χ0) is 21.3. The molecule has 0 bridgehead atoms. The standard InChI is InChI=1S/C26H22FN3O/c27-23-17-21(14-15-25(23)31-19-20-9-3-1-4-10-20)18-24(22-11-5-2-6-12-22)29-30-26-13-7-8-16-28-26/h1-17H,18-19H2,(H,28,30). The van der Waals surface area contributed by atoms with Gasteiger partial charge in [-0.1, -0.05) is 72.8 Å². The maximum atomic E-state index is 14.7. The van der Waals surface area contributed by atoms with Crippen molar-refractivity contribution in [1.29, 1.82) is 0 Å². The Morgan fingerprint density at radius 2 is 1.58 bits per heavy atom.